The number of hydrogen-bond acceptors (Lipinski definition) is 8. The summed E-state index contributed by atoms with van der Waals surface area (Å²) in [4.78, 5) is 39.6. The highest BCUT2D eigenvalue weighted by atomic mass is 32.2. The maximum atomic E-state index is 13.9. The largest absolute Gasteiger partial charge is 0.342 e. The normalized spacial score (nSPS) is 12.1. The van der Waals surface area contributed by atoms with E-state index in [1.54, 1.807) is 24.3 Å². The fraction of sp³-hybridized carbons (Fsp3) is 0.0769. The van der Waals surface area contributed by atoms with E-state index in [9.17, 15) is 31.6 Å². The number of amidine groups is 1. The predicted octanol–water partition coefficient (Wildman–Crippen LogP) is 3.12. The Balaban J connectivity index is 1.77. The Morgan fingerprint density at radius 3 is 1.95 bits per heavy atom. The summed E-state index contributed by atoms with van der Waals surface area (Å²) >= 11 is 0. The monoisotopic (exact) mass is 553 g/mol. The van der Waals surface area contributed by atoms with Gasteiger partial charge in [-0.05, 0) is 36.4 Å². The van der Waals surface area contributed by atoms with Gasteiger partial charge in [0, 0.05) is 31.3 Å². The number of benzene rings is 3. The second kappa shape index (κ2) is 10.5. The smallest absolute Gasteiger partial charge is 0.289 e. The number of sulfonamides is 1. The molecule has 1 amide bonds. The minimum Gasteiger partial charge on any atom is -0.342 e. The quantitative estimate of drug-likeness (QED) is 0.0915. The van der Waals surface area contributed by atoms with Crippen molar-refractivity contribution in [3.63, 3.8) is 0 Å². The third kappa shape index (κ3) is 5.67. The average Bonchev–Trinajstić information content (AvgIpc) is 3.31. The van der Waals surface area contributed by atoms with E-state index in [2.05, 4.69) is 10.6 Å². The molecule has 0 fully saturated rings. The number of rotatable bonds is 6. The van der Waals surface area contributed by atoms with Gasteiger partial charge in [0.15, 0.2) is 5.84 Å². The first-order chi connectivity index (χ1) is 18.4. The maximum Gasteiger partial charge on any atom is 0.289 e. The zero-order valence-corrected chi connectivity index (χ0v) is 21.3. The van der Waals surface area contributed by atoms with Crippen LogP contribution in [-0.4, -0.2) is 50.7 Å². The molecule has 0 saturated carbocycles. The van der Waals surface area contributed by atoms with E-state index in [-0.39, 0.29) is 11.4 Å². The number of Topliss-reactive ketones (excluding diaryl/α,β-unsaturated/α-hetero) is 2. The van der Waals surface area contributed by atoms with E-state index in [0.717, 1.165) is 29.2 Å². The summed E-state index contributed by atoms with van der Waals surface area (Å²) in [7, 11) is -1.80. The molecule has 0 bridgehead atoms. The van der Waals surface area contributed by atoms with Crippen LogP contribution in [0.1, 0.15) is 20.7 Å². The van der Waals surface area contributed by atoms with Gasteiger partial charge in [0.2, 0.25) is 11.6 Å². The fourth-order valence-electron chi connectivity index (χ4n) is 3.70. The Kier molecular flexibility index (Phi) is 7.27. The molecule has 0 aromatic heterocycles. The molecule has 0 saturated heterocycles. The van der Waals surface area contributed by atoms with Crippen molar-refractivity contribution >= 4 is 44.7 Å². The van der Waals surface area contributed by atoms with Crippen LogP contribution in [0.3, 0.4) is 0 Å². The van der Waals surface area contributed by atoms with Gasteiger partial charge in [0.25, 0.3) is 15.9 Å². The second-order valence-electron chi connectivity index (χ2n) is 8.57. The summed E-state index contributed by atoms with van der Waals surface area (Å²) in [5.74, 6) is -5.92. The van der Waals surface area contributed by atoms with Gasteiger partial charge >= 0.3 is 0 Å². The lowest BCUT2D eigenvalue weighted by Gasteiger charge is -2.14. The third-order valence-corrected chi connectivity index (χ3v) is 6.89. The average molecular weight is 554 g/mol. The zero-order valence-electron chi connectivity index (χ0n) is 20.5. The van der Waals surface area contributed by atoms with E-state index in [1.807, 2.05) is 4.72 Å². The first-order valence-electron chi connectivity index (χ1n) is 11.2. The van der Waals surface area contributed by atoms with Crippen molar-refractivity contribution in [3.8, 4) is 0 Å². The molecule has 200 valence electrons. The number of carbonyl (C=O) groups is 3. The number of amides is 1. The molecule has 0 unspecified atom stereocenters. The Morgan fingerprint density at radius 1 is 0.821 bits per heavy atom. The van der Waals surface area contributed by atoms with Gasteiger partial charge in [0.1, 0.15) is 23.0 Å². The number of ketones is 2. The van der Waals surface area contributed by atoms with Crippen molar-refractivity contribution in [1.82, 2.24) is 9.62 Å². The maximum absolute atomic E-state index is 13.9. The van der Waals surface area contributed by atoms with Gasteiger partial charge in [0.05, 0.1) is 16.3 Å². The molecule has 1 aliphatic rings. The van der Waals surface area contributed by atoms with Crippen molar-refractivity contribution in [2.75, 3.05) is 24.7 Å². The van der Waals surface area contributed by atoms with Crippen LogP contribution in [0.15, 0.2) is 83.0 Å². The lowest BCUT2D eigenvalue weighted by atomic mass is 9.95. The zero-order chi connectivity index (χ0) is 28.5. The number of nitrogens with zero attached hydrogens (tertiary/aromatic N) is 1. The molecule has 3 aromatic carbocycles. The van der Waals surface area contributed by atoms with Gasteiger partial charge in [-0.15, -0.1) is 0 Å². The van der Waals surface area contributed by atoms with Crippen LogP contribution in [-0.2, 0) is 14.8 Å². The van der Waals surface area contributed by atoms with Crippen LogP contribution >= 0.6 is 0 Å². The van der Waals surface area contributed by atoms with E-state index in [1.165, 1.54) is 26.2 Å². The molecule has 0 radical (unpaired) electrons. The van der Waals surface area contributed by atoms with Crippen LogP contribution in [0.2, 0.25) is 0 Å². The molecular formula is C26H21F2N5O5S. The molecule has 0 aliphatic carbocycles. The Hall–Kier alpha value is -4.91. The third-order valence-electron chi connectivity index (χ3n) is 5.54. The van der Waals surface area contributed by atoms with Crippen molar-refractivity contribution in [1.29, 1.82) is 5.41 Å². The van der Waals surface area contributed by atoms with Crippen molar-refractivity contribution in [2.24, 2.45) is 0 Å². The summed E-state index contributed by atoms with van der Waals surface area (Å²) in [5.41, 5.74) is -0.171. The number of carbonyl (C=O) groups excluding carboxylic acids is 3. The predicted molar refractivity (Wildman–Crippen MR) is 139 cm³/mol. The molecule has 10 nitrogen and oxygen atoms in total. The Bertz CT molecular complexity index is 1640. The van der Waals surface area contributed by atoms with Crippen molar-refractivity contribution < 1.29 is 31.6 Å². The number of halogens is 2. The number of anilines is 2. The highest BCUT2D eigenvalue weighted by Gasteiger charge is 2.31. The number of hydrogen-bond donors (Lipinski definition) is 4. The molecule has 4 rings (SSSR count). The van der Waals surface area contributed by atoms with E-state index in [4.69, 9.17) is 5.41 Å². The van der Waals surface area contributed by atoms with E-state index < -0.39 is 61.0 Å². The number of likely N-dealkylation sites (N-methyl/N-ethyl adjacent to an activating group) is 1. The van der Waals surface area contributed by atoms with Gasteiger partial charge in [-0.1, -0.05) is 24.3 Å². The Morgan fingerprint density at radius 2 is 1.38 bits per heavy atom. The fourth-order valence-corrected chi connectivity index (χ4v) is 4.71. The molecule has 1 aliphatic heterocycles. The van der Waals surface area contributed by atoms with Crippen LogP contribution in [0, 0.1) is 17.0 Å². The molecule has 3 aromatic rings. The molecule has 4 N–H and O–H groups in total. The molecule has 1 heterocycles. The SMILES string of the molecule is CN(C)C(=O)C(=N)NS(=O)(=O)c1cccc(C(=O)C(C(=O)c2cc(F)cc(F)c2)=C2Nc3ccccc3N2)c1. The van der Waals surface area contributed by atoms with Crippen molar-refractivity contribution in [3.05, 3.63) is 101 Å². The van der Waals surface area contributed by atoms with E-state index in [0.29, 0.717) is 17.4 Å². The number of para-hydroxylation sites is 2. The molecular weight excluding hydrogens is 532 g/mol. The highest BCUT2D eigenvalue weighted by Crippen LogP contribution is 2.33. The van der Waals surface area contributed by atoms with Gasteiger partial charge in [-0.2, -0.15) is 0 Å². The first-order valence-corrected chi connectivity index (χ1v) is 12.7. The molecule has 39 heavy (non-hydrogen) atoms. The molecule has 13 heteroatoms. The molecule has 0 spiro atoms. The summed E-state index contributed by atoms with van der Waals surface area (Å²) in [6, 6.07) is 13.5. The number of allylic oxidation sites excluding steroid dienone is 1. The number of fused-ring (bicyclic) bond motifs is 1. The summed E-state index contributed by atoms with van der Waals surface area (Å²) in [5, 5.41) is 13.5. The van der Waals surface area contributed by atoms with Crippen LogP contribution in [0.25, 0.3) is 0 Å². The van der Waals surface area contributed by atoms with E-state index >= 15 is 0 Å². The standard InChI is InChI=1S/C26H21F2N5O5S/c1-33(2)26(36)24(29)32-39(37,38)18-7-5-6-14(12-18)22(34)21(23(35)15-10-16(27)13-17(28)11-15)25-30-19-8-3-4-9-20(19)31-25/h3-13,30-31H,1-2H3,(H2,29,32). The van der Waals surface area contributed by atoms with Crippen LogP contribution < -0.4 is 15.4 Å². The highest BCUT2D eigenvalue weighted by molar-refractivity contribution is 7.90. The van der Waals surface area contributed by atoms with Gasteiger partial charge in [-0.25, -0.2) is 17.2 Å². The minimum absolute atomic E-state index is 0.0689. The summed E-state index contributed by atoms with van der Waals surface area (Å²) < 4.78 is 55.3. The summed E-state index contributed by atoms with van der Waals surface area (Å²) in [6.07, 6.45) is 0. The topological polar surface area (TPSA) is 149 Å². The van der Waals surface area contributed by atoms with Crippen LogP contribution in [0.4, 0.5) is 20.2 Å². The minimum atomic E-state index is -4.47. The van der Waals surface area contributed by atoms with Gasteiger partial charge < -0.3 is 15.5 Å². The lowest BCUT2D eigenvalue weighted by Crippen LogP contribution is -2.41. The molecule has 0 atom stereocenters. The summed E-state index contributed by atoms with van der Waals surface area (Å²) in [6.45, 7) is 0. The van der Waals surface area contributed by atoms with Crippen LogP contribution in [0.5, 0.6) is 0 Å². The van der Waals surface area contributed by atoms with Gasteiger partial charge in [-0.3, -0.25) is 24.5 Å². The second-order valence-corrected chi connectivity index (χ2v) is 10.3. The lowest BCUT2D eigenvalue weighted by molar-refractivity contribution is -0.122. The Labute approximate surface area is 221 Å². The number of nitrogens with one attached hydrogen (secondary N) is 4. The first kappa shape index (κ1) is 27.1. The van der Waals surface area contributed by atoms with Crippen molar-refractivity contribution in [2.45, 2.75) is 4.90 Å².